The molecule has 142 valence electrons. The predicted octanol–water partition coefficient (Wildman–Crippen LogP) is 2.65. The molecule has 2 atom stereocenters. The molecule has 0 spiro atoms. The summed E-state index contributed by atoms with van der Waals surface area (Å²) >= 11 is 0. The first-order valence-electron chi connectivity index (χ1n) is 8.68. The van der Waals surface area contributed by atoms with Crippen molar-refractivity contribution in [3.63, 3.8) is 0 Å². The molecule has 0 aromatic heterocycles. The van der Waals surface area contributed by atoms with Crippen molar-refractivity contribution < 1.29 is 24.0 Å². The molecule has 1 heterocycles. The van der Waals surface area contributed by atoms with E-state index >= 15 is 0 Å². The van der Waals surface area contributed by atoms with Gasteiger partial charge in [-0.25, -0.2) is 4.79 Å². The molecule has 2 rings (SSSR count). The Kier molecular flexibility index (Phi) is 6.54. The van der Waals surface area contributed by atoms with E-state index in [2.05, 4.69) is 13.8 Å². The van der Waals surface area contributed by atoms with Crippen molar-refractivity contribution in [2.45, 2.75) is 27.2 Å². The molecule has 1 saturated heterocycles. The van der Waals surface area contributed by atoms with Crippen LogP contribution in [0.4, 0.5) is 5.69 Å². The fourth-order valence-electron chi connectivity index (χ4n) is 3.23. The van der Waals surface area contributed by atoms with Gasteiger partial charge in [0.25, 0.3) is 5.91 Å². The third-order valence-electron chi connectivity index (χ3n) is 4.24. The number of hydrogen-bond donors (Lipinski definition) is 0. The molecular formula is C18H24N2O6. The van der Waals surface area contributed by atoms with Crippen molar-refractivity contribution in [3.05, 3.63) is 33.9 Å². The van der Waals surface area contributed by atoms with Gasteiger partial charge >= 0.3 is 11.7 Å². The minimum Gasteiger partial charge on any atom is -0.487 e. The van der Waals surface area contributed by atoms with Gasteiger partial charge in [0.1, 0.15) is 0 Å². The van der Waals surface area contributed by atoms with Gasteiger partial charge in [0.15, 0.2) is 12.4 Å². The smallest absolute Gasteiger partial charge is 0.338 e. The highest BCUT2D eigenvalue weighted by atomic mass is 16.6. The molecule has 0 saturated carbocycles. The molecule has 1 aliphatic heterocycles. The van der Waals surface area contributed by atoms with E-state index in [9.17, 15) is 19.7 Å². The summed E-state index contributed by atoms with van der Waals surface area (Å²) in [4.78, 5) is 36.6. The Morgan fingerprint density at radius 1 is 1.27 bits per heavy atom. The first kappa shape index (κ1) is 19.7. The third-order valence-corrected chi connectivity index (χ3v) is 4.24. The molecule has 1 fully saturated rings. The van der Waals surface area contributed by atoms with Crippen LogP contribution in [-0.2, 0) is 9.53 Å². The maximum absolute atomic E-state index is 12.3. The Hall–Kier alpha value is -2.64. The lowest BCUT2D eigenvalue weighted by Crippen LogP contribution is -2.44. The lowest BCUT2D eigenvalue weighted by molar-refractivity contribution is -0.385. The van der Waals surface area contributed by atoms with Crippen molar-refractivity contribution in [3.8, 4) is 5.75 Å². The normalized spacial score (nSPS) is 19.7. The van der Waals surface area contributed by atoms with Gasteiger partial charge in [-0.1, -0.05) is 13.8 Å². The van der Waals surface area contributed by atoms with Gasteiger partial charge in [0.05, 0.1) is 17.1 Å². The zero-order valence-electron chi connectivity index (χ0n) is 15.3. The predicted molar refractivity (Wildman–Crippen MR) is 94.1 cm³/mol. The Morgan fingerprint density at radius 3 is 2.50 bits per heavy atom. The van der Waals surface area contributed by atoms with Gasteiger partial charge in [-0.05, 0) is 37.3 Å². The number of hydrogen-bond acceptors (Lipinski definition) is 6. The number of benzene rings is 1. The van der Waals surface area contributed by atoms with Crippen molar-refractivity contribution in [1.82, 2.24) is 4.90 Å². The number of ether oxygens (including phenoxy) is 2. The number of carbonyl (C=O) groups excluding carboxylic acids is 2. The number of likely N-dealkylation sites (tertiary alicyclic amines) is 1. The quantitative estimate of drug-likeness (QED) is 0.437. The fraction of sp³-hybridized carbons (Fsp3) is 0.556. The largest absolute Gasteiger partial charge is 0.487 e. The number of nitro benzene ring substituents is 1. The summed E-state index contributed by atoms with van der Waals surface area (Å²) in [5, 5.41) is 11.1. The van der Waals surface area contributed by atoms with Gasteiger partial charge in [0.2, 0.25) is 0 Å². The Morgan fingerprint density at radius 2 is 1.92 bits per heavy atom. The lowest BCUT2D eigenvalue weighted by Gasteiger charge is -2.34. The van der Waals surface area contributed by atoms with E-state index < -0.39 is 10.9 Å². The number of nitrogens with zero attached hydrogens (tertiary/aromatic N) is 2. The molecule has 1 aromatic carbocycles. The molecule has 8 nitrogen and oxygen atoms in total. The van der Waals surface area contributed by atoms with Crippen LogP contribution in [0.15, 0.2) is 18.2 Å². The standard InChI is InChI=1S/C18H24N2O6/c1-4-25-16-6-5-14(8-15(16)20(23)24)18(22)26-11-17(21)19-9-12(2)7-13(3)10-19/h5-6,8,12-13H,4,7,9-11H2,1-3H3/t12-,13-/m1/s1. The van der Waals surface area contributed by atoms with Gasteiger partial charge in [-0.15, -0.1) is 0 Å². The number of piperidine rings is 1. The van der Waals surface area contributed by atoms with Gasteiger partial charge in [-0.3, -0.25) is 14.9 Å². The minimum absolute atomic E-state index is 0.00772. The molecule has 1 amide bonds. The van der Waals surface area contributed by atoms with Gasteiger partial charge in [-0.2, -0.15) is 0 Å². The van der Waals surface area contributed by atoms with Crippen molar-refractivity contribution in [2.75, 3.05) is 26.3 Å². The van der Waals surface area contributed by atoms with E-state index in [0.717, 1.165) is 12.5 Å². The SMILES string of the molecule is CCOc1ccc(C(=O)OCC(=O)N2C[C@H](C)C[C@@H](C)C2)cc1[N+](=O)[O-]. The lowest BCUT2D eigenvalue weighted by atomic mass is 9.92. The zero-order valence-corrected chi connectivity index (χ0v) is 15.3. The number of rotatable bonds is 6. The second-order valence-electron chi connectivity index (χ2n) is 6.69. The molecule has 0 radical (unpaired) electrons. The van der Waals surface area contributed by atoms with Gasteiger partial charge in [0, 0.05) is 19.2 Å². The van der Waals surface area contributed by atoms with Gasteiger partial charge < -0.3 is 14.4 Å². The summed E-state index contributed by atoms with van der Waals surface area (Å²) in [6.45, 7) is 7.07. The van der Waals surface area contributed by atoms with E-state index in [1.165, 1.54) is 12.1 Å². The van der Waals surface area contributed by atoms with Crippen LogP contribution in [0.3, 0.4) is 0 Å². The van der Waals surface area contributed by atoms with Crippen molar-refractivity contribution >= 4 is 17.6 Å². The summed E-state index contributed by atoms with van der Waals surface area (Å²) in [5.41, 5.74) is -0.306. The highest BCUT2D eigenvalue weighted by molar-refractivity contribution is 5.92. The van der Waals surface area contributed by atoms with Crippen LogP contribution in [0.1, 0.15) is 37.6 Å². The van der Waals surface area contributed by atoms with Crippen LogP contribution >= 0.6 is 0 Å². The molecule has 0 aliphatic carbocycles. The summed E-state index contributed by atoms with van der Waals surface area (Å²) in [6.07, 6.45) is 1.07. The van der Waals surface area contributed by atoms with Crippen LogP contribution in [0, 0.1) is 22.0 Å². The number of amides is 1. The van der Waals surface area contributed by atoms with E-state index in [0.29, 0.717) is 24.9 Å². The van der Waals surface area contributed by atoms with Crippen LogP contribution in [0.2, 0.25) is 0 Å². The van der Waals surface area contributed by atoms with Crippen LogP contribution in [0.25, 0.3) is 0 Å². The van der Waals surface area contributed by atoms with Crippen molar-refractivity contribution in [2.24, 2.45) is 11.8 Å². The molecule has 0 bridgehead atoms. The Balaban J connectivity index is 2.00. The highest BCUT2D eigenvalue weighted by Crippen LogP contribution is 2.28. The summed E-state index contributed by atoms with van der Waals surface area (Å²) < 4.78 is 10.2. The number of carbonyl (C=O) groups is 2. The zero-order chi connectivity index (χ0) is 19.3. The topological polar surface area (TPSA) is 99.0 Å². The van der Waals surface area contributed by atoms with Crippen molar-refractivity contribution in [1.29, 1.82) is 0 Å². The minimum atomic E-state index is -0.775. The van der Waals surface area contributed by atoms with Crippen LogP contribution in [0.5, 0.6) is 5.75 Å². The summed E-state index contributed by atoms with van der Waals surface area (Å²) in [7, 11) is 0. The van der Waals surface area contributed by atoms with E-state index in [4.69, 9.17) is 9.47 Å². The van der Waals surface area contributed by atoms with Crippen LogP contribution in [-0.4, -0.2) is 48.0 Å². The monoisotopic (exact) mass is 364 g/mol. The molecule has 8 heteroatoms. The summed E-state index contributed by atoms with van der Waals surface area (Å²) in [5.74, 6) is -0.125. The molecular weight excluding hydrogens is 340 g/mol. The van der Waals surface area contributed by atoms with E-state index in [1.54, 1.807) is 11.8 Å². The highest BCUT2D eigenvalue weighted by Gasteiger charge is 2.26. The molecule has 26 heavy (non-hydrogen) atoms. The van der Waals surface area contributed by atoms with E-state index in [-0.39, 0.29) is 36.1 Å². The maximum atomic E-state index is 12.3. The Bertz CT molecular complexity index is 680. The maximum Gasteiger partial charge on any atom is 0.338 e. The number of esters is 1. The first-order valence-corrected chi connectivity index (χ1v) is 8.68. The Labute approximate surface area is 152 Å². The average Bonchev–Trinajstić information content (AvgIpc) is 2.58. The first-order chi connectivity index (χ1) is 12.3. The second-order valence-corrected chi connectivity index (χ2v) is 6.69. The fourth-order valence-corrected chi connectivity index (χ4v) is 3.23. The number of nitro groups is 1. The van der Waals surface area contributed by atoms with E-state index in [1.807, 2.05) is 0 Å². The van der Waals surface area contributed by atoms with Crippen LogP contribution < -0.4 is 4.74 Å². The molecule has 1 aromatic rings. The molecule has 0 N–H and O–H groups in total. The molecule has 1 aliphatic rings. The third kappa shape index (κ3) is 4.93. The molecule has 0 unspecified atom stereocenters. The summed E-state index contributed by atoms with van der Waals surface area (Å²) in [6, 6.07) is 3.84. The second kappa shape index (κ2) is 8.64. The average molecular weight is 364 g/mol.